The van der Waals surface area contributed by atoms with E-state index in [2.05, 4.69) is 118 Å². The minimum Gasteiger partial charge on any atom is -0.348 e. The molecule has 2 heterocycles. The largest absolute Gasteiger partial charge is 0.348 e. The van der Waals surface area contributed by atoms with Crippen molar-refractivity contribution in [1.29, 1.82) is 0 Å². The van der Waals surface area contributed by atoms with Crippen LogP contribution in [0.1, 0.15) is 41.5 Å². The average molecular weight is 385 g/mol. The Balaban J connectivity index is 2.20. The maximum absolute atomic E-state index is 6.46. The van der Waals surface area contributed by atoms with Crippen molar-refractivity contribution >= 4 is 33.8 Å². The fourth-order valence-electron chi connectivity index (χ4n) is 3.06. The van der Waals surface area contributed by atoms with E-state index >= 15 is 0 Å². The van der Waals surface area contributed by atoms with Crippen molar-refractivity contribution in [3.8, 4) is 0 Å². The van der Waals surface area contributed by atoms with Gasteiger partial charge in [-0.15, -0.1) is 0 Å². The van der Waals surface area contributed by atoms with Gasteiger partial charge in [0.1, 0.15) is 0 Å². The molecule has 26 heavy (non-hydrogen) atoms. The van der Waals surface area contributed by atoms with Crippen molar-refractivity contribution < 1.29 is 0 Å². The van der Waals surface area contributed by atoms with Gasteiger partial charge in [-0.1, -0.05) is 42.1 Å². The molecule has 0 spiro atoms. The van der Waals surface area contributed by atoms with E-state index in [0.29, 0.717) is 0 Å². The molecule has 0 N–H and O–H groups in total. The van der Waals surface area contributed by atoms with Gasteiger partial charge in [0, 0.05) is 52.5 Å². The minimum atomic E-state index is -2.08. The standard InChI is InChI=1S/C22H29N2PS/c1-21(2,3)23-14-12-19(16-23)25(26,18-10-8-7-9-11-18)20-13-15-24(17-20)22(4,5)6/h7-17H,1-6H3. The van der Waals surface area contributed by atoms with Gasteiger partial charge in [0.25, 0.3) is 0 Å². The molecule has 0 saturated carbocycles. The van der Waals surface area contributed by atoms with E-state index < -0.39 is 6.04 Å². The minimum absolute atomic E-state index is 0.0481. The lowest BCUT2D eigenvalue weighted by Gasteiger charge is -2.24. The number of nitrogens with zero attached hydrogens (tertiary/aromatic N) is 2. The Hall–Kier alpha value is -1.57. The van der Waals surface area contributed by atoms with Crippen LogP contribution in [0.2, 0.25) is 0 Å². The SMILES string of the molecule is CC(C)(C)n1ccc(P(=S)(c2ccccc2)c2ccn(C(C)(C)C)c2)c1. The zero-order valence-corrected chi connectivity index (χ0v) is 18.3. The van der Waals surface area contributed by atoms with Crippen molar-refractivity contribution in [3.05, 3.63) is 67.3 Å². The molecule has 0 atom stereocenters. The van der Waals surface area contributed by atoms with Gasteiger partial charge in [-0.3, -0.25) is 0 Å². The predicted octanol–water partition coefficient (Wildman–Crippen LogP) is 4.56. The van der Waals surface area contributed by atoms with E-state index in [0.717, 1.165) is 0 Å². The first-order valence-corrected chi connectivity index (χ1v) is 11.9. The van der Waals surface area contributed by atoms with Gasteiger partial charge < -0.3 is 9.13 Å². The Bertz CT molecular complexity index is 880. The van der Waals surface area contributed by atoms with E-state index in [4.69, 9.17) is 11.8 Å². The highest BCUT2D eigenvalue weighted by Gasteiger charge is 2.28. The Morgan fingerprint density at radius 3 is 1.42 bits per heavy atom. The molecule has 0 aliphatic heterocycles. The summed E-state index contributed by atoms with van der Waals surface area (Å²) < 4.78 is 4.54. The highest BCUT2D eigenvalue weighted by Crippen LogP contribution is 2.43. The van der Waals surface area contributed by atoms with Gasteiger partial charge in [0.15, 0.2) is 0 Å². The quantitative estimate of drug-likeness (QED) is 0.602. The Morgan fingerprint density at radius 1 is 0.654 bits per heavy atom. The fourth-order valence-corrected chi connectivity index (χ4v) is 6.69. The zero-order valence-electron chi connectivity index (χ0n) is 16.6. The Morgan fingerprint density at radius 2 is 1.08 bits per heavy atom. The molecule has 0 saturated heterocycles. The van der Waals surface area contributed by atoms with Crippen molar-refractivity contribution in [1.82, 2.24) is 9.13 Å². The van der Waals surface area contributed by atoms with E-state index in [-0.39, 0.29) is 11.1 Å². The molecule has 0 bridgehead atoms. The van der Waals surface area contributed by atoms with Crippen LogP contribution in [-0.2, 0) is 22.9 Å². The van der Waals surface area contributed by atoms with Crippen LogP contribution < -0.4 is 15.9 Å². The van der Waals surface area contributed by atoms with Crippen molar-refractivity contribution in [2.24, 2.45) is 0 Å². The van der Waals surface area contributed by atoms with Gasteiger partial charge in [0.2, 0.25) is 0 Å². The molecular weight excluding hydrogens is 355 g/mol. The molecule has 0 fully saturated rings. The summed E-state index contributed by atoms with van der Waals surface area (Å²) in [6, 6.07) is 13.0. The molecule has 3 aromatic rings. The lowest BCUT2D eigenvalue weighted by Crippen LogP contribution is -2.26. The first kappa shape index (κ1) is 19.2. The van der Waals surface area contributed by atoms with Crippen LogP contribution in [0, 0.1) is 0 Å². The van der Waals surface area contributed by atoms with Crippen LogP contribution in [0.5, 0.6) is 0 Å². The van der Waals surface area contributed by atoms with Crippen LogP contribution in [0.15, 0.2) is 67.3 Å². The first-order chi connectivity index (χ1) is 12.0. The van der Waals surface area contributed by atoms with Crippen LogP contribution in [0.4, 0.5) is 0 Å². The second kappa shape index (κ2) is 6.55. The van der Waals surface area contributed by atoms with Gasteiger partial charge in [-0.05, 0) is 59.0 Å². The van der Waals surface area contributed by atoms with E-state index in [1.807, 2.05) is 0 Å². The van der Waals surface area contributed by atoms with Crippen molar-refractivity contribution in [3.63, 3.8) is 0 Å². The summed E-state index contributed by atoms with van der Waals surface area (Å²) >= 11 is 6.46. The van der Waals surface area contributed by atoms with Gasteiger partial charge in [-0.2, -0.15) is 0 Å². The second-order valence-electron chi connectivity index (χ2n) is 8.84. The molecule has 0 radical (unpaired) electrons. The highest BCUT2D eigenvalue weighted by molar-refractivity contribution is 8.25. The van der Waals surface area contributed by atoms with Crippen LogP contribution in [0.25, 0.3) is 0 Å². The molecule has 3 rings (SSSR count). The maximum atomic E-state index is 6.46. The Labute approximate surface area is 162 Å². The lowest BCUT2D eigenvalue weighted by atomic mass is 10.1. The normalized spacial score (nSPS) is 13.2. The number of rotatable bonds is 3. The molecular formula is C22H29N2PS. The molecule has 2 aromatic heterocycles. The molecule has 4 heteroatoms. The third-order valence-electron chi connectivity index (χ3n) is 4.75. The van der Waals surface area contributed by atoms with E-state index in [1.165, 1.54) is 15.9 Å². The summed E-state index contributed by atoms with van der Waals surface area (Å²) in [5.41, 5.74) is 0.0961. The third-order valence-corrected chi connectivity index (χ3v) is 9.66. The first-order valence-electron chi connectivity index (χ1n) is 9.07. The molecule has 1 aromatic carbocycles. The highest BCUT2D eigenvalue weighted by atomic mass is 32.4. The maximum Gasteiger partial charge on any atom is 0.0409 e. The average Bonchev–Trinajstić information content (AvgIpc) is 3.24. The molecule has 0 unspecified atom stereocenters. The summed E-state index contributed by atoms with van der Waals surface area (Å²) in [6.45, 7) is 13.3. The summed E-state index contributed by atoms with van der Waals surface area (Å²) in [7, 11) is 0. The number of hydrogen-bond donors (Lipinski definition) is 0. The molecule has 0 amide bonds. The van der Waals surface area contributed by atoms with Crippen LogP contribution in [0.3, 0.4) is 0 Å². The topological polar surface area (TPSA) is 9.86 Å². The smallest absolute Gasteiger partial charge is 0.0409 e. The van der Waals surface area contributed by atoms with Crippen LogP contribution in [-0.4, -0.2) is 9.13 Å². The van der Waals surface area contributed by atoms with Gasteiger partial charge in [0.05, 0.1) is 0 Å². The van der Waals surface area contributed by atoms with Gasteiger partial charge in [-0.25, -0.2) is 0 Å². The van der Waals surface area contributed by atoms with E-state index in [1.54, 1.807) is 0 Å². The third kappa shape index (κ3) is 3.48. The lowest BCUT2D eigenvalue weighted by molar-refractivity contribution is 0.399. The Kier molecular flexibility index (Phi) is 4.83. The number of aromatic nitrogens is 2. The fraction of sp³-hybridized carbons (Fsp3) is 0.364. The van der Waals surface area contributed by atoms with Crippen molar-refractivity contribution in [2.45, 2.75) is 52.6 Å². The monoisotopic (exact) mass is 384 g/mol. The second-order valence-corrected chi connectivity index (χ2v) is 13.3. The van der Waals surface area contributed by atoms with Gasteiger partial charge >= 0.3 is 0 Å². The van der Waals surface area contributed by atoms with E-state index in [9.17, 15) is 0 Å². The molecule has 138 valence electrons. The zero-order chi connectivity index (χ0) is 19.2. The number of benzene rings is 1. The summed E-state index contributed by atoms with van der Waals surface area (Å²) in [5, 5.41) is 3.74. The van der Waals surface area contributed by atoms with Crippen LogP contribution >= 0.6 is 6.04 Å². The molecule has 0 aliphatic rings. The summed E-state index contributed by atoms with van der Waals surface area (Å²) in [6.07, 6.45) is 8.84. The molecule has 0 aliphatic carbocycles. The molecule has 2 nitrogen and oxygen atoms in total. The summed E-state index contributed by atoms with van der Waals surface area (Å²) in [4.78, 5) is 0. The predicted molar refractivity (Wildman–Crippen MR) is 118 cm³/mol. The summed E-state index contributed by atoms with van der Waals surface area (Å²) in [5.74, 6) is 0. The number of hydrogen-bond acceptors (Lipinski definition) is 1. The van der Waals surface area contributed by atoms with Crippen molar-refractivity contribution in [2.75, 3.05) is 0 Å².